The fourth-order valence-electron chi connectivity index (χ4n) is 2.84. The van der Waals surface area contributed by atoms with E-state index in [2.05, 4.69) is 19.2 Å². The minimum absolute atomic E-state index is 0.0798. The van der Waals surface area contributed by atoms with Gasteiger partial charge in [-0.2, -0.15) is 0 Å². The molecule has 3 unspecified atom stereocenters. The van der Waals surface area contributed by atoms with Gasteiger partial charge in [0, 0.05) is 12.1 Å². The molecule has 110 valence electrons. The Labute approximate surface area is 119 Å². The van der Waals surface area contributed by atoms with Crippen LogP contribution >= 0.6 is 0 Å². The van der Waals surface area contributed by atoms with Gasteiger partial charge in [-0.3, -0.25) is 4.79 Å². The molecule has 1 fully saturated rings. The van der Waals surface area contributed by atoms with Crippen LogP contribution in [0.2, 0.25) is 0 Å². The lowest BCUT2D eigenvalue weighted by Gasteiger charge is -2.34. The maximum absolute atomic E-state index is 13.9. The van der Waals surface area contributed by atoms with E-state index in [-0.39, 0.29) is 17.5 Å². The zero-order chi connectivity index (χ0) is 14.7. The summed E-state index contributed by atoms with van der Waals surface area (Å²) in [5.41, 5.74) is 0.0798. The molecule has 1 aliphatic rings. The molecule has 1 aromatic rings. The number of hydrogen-bond donors (Lipinski definition) is 1. The molecule has 20 heavy (non-hydrogen) atoms. The first-order valence-corrected chi connectivity index (χ1v) is 7.17. The number of halogens is 1. The second-order valence-corrected chi connectivity index (χ2v) is 5.69. The van der Waals surface area contributed by atoms with Gasteiger partial charge in [-0.1, -0.05) is 26.7 Å². The molecule has 3 atom stereocenters. The number of methoxy groups -OCH3 is 1. The van der Waals surface area contributed by atoms with Crippen LogP contribution in [-0.4, -0.2) is 19.1 Å². The third kappa shape index (κ3) is 3.11. The lowest BCUT2D eigenvalue weighted by molar-refractivity contribution is 0.0887. The number of hydrogen-bond acceptors (Lipinski definition) is 2. The van der Waals surface area contributed by atoms with Gasteiger partial charge in [-0.25, -0.2) is 4.39 Å². The molecule has 0 radical (unpaired) electrons. The molecular weight excluding hydrogens is 257 g/mol. The Hall–Kier alpha value is -1.58. The van der Waals surface area contributed by atoms with E-state index >= 15 is 0 Å². The molecule has 1 amide bonds. The Morgan fingerprint density at radius 2 is 2.10 bits per heavy atom. The van der Waals surface area contributed by atoms with Gasteiger partial charge in [0.05, 0.1) is 12.7 Å². The first-order valence-electron chi connectivity index (χ1n) is 7.17. The van der Waals surface area contributed by atoms with Crippen molar-refractivity contribution in [2.75, 3.05) is 7.11 Å². The molecule has 0 heterocycles. The number of amides is 1. The summed E-state index contributed by atoms with van der Waals surface area (Å²) in [5.74, 6) is 0.553. The Morgan fingerprint density at radius 3 is 2.75 bits per heavy atom. The summed E-state index contributed by atoms with van der Waals surface area (Å²) in [5, 5.41) is 2.97. The molecule has 1 saturated carbocycles. The highest BCUT2D eigenvalue weighted by Crippen LogP contribution is 2.29. The van der Waals surface area contributed by atoms with Crippen LogP contribution in [0.25, 0.3) is 0 Å². The molecule has 0 spiro atoms. The van der Waals surface area contributed by atoms with Gasteiger partial charge in [-0.05, 0) is 30.4 Å². The van der Waals surface area contributed by atoms with Gasteiger partial charge in [0.1, 0.15) is 11.6 Å². The van der Waals surface area contributed by atoms with Crippen molar-refractivity contribution in [3.05, 3.63) is 29.6 Å². The largest absolute Gasteiger partial charge is 0.497 e. The summed E-state index contributed by atoms with van der Waals surface area (Å²) >= 11 is 0. The topological polar surface area (TPSA) is 38.3 Å². The monoisotopic (exact) mass is 279 g/mol. The van der Waals surface area contributed by atoms with Crippen molar-refractivity contribution >= 4 is 5.91 Å². The summed E-state index contributed by atoms with van der Waals surface area (Å²) in [6.07, 6.45) is 3.28. The summed E-state index contributed by atoms with van der Waals surface area (Å²) in [6.45, 7) is 4.36. The first kappa shape index (κ1) is 14.8. The number of rotatable bonds is 3. The van der Waals surface area contributed by atoms with E-state index in [1.807, 2.05) is 0 Å². The Balaban J connectivity index is 2.08. The van der Waals surface area contributed by atoms with E-state index < -0.39 is 5.82 Å². The van der Waals surface area contributed by atoms with Crippen molar-refractivity contribution in [3.63, 3.8) is 0 Å². The molecular formula is C16H22FNO2. The number of carbonyl (C=O) groups is 1. The minimum atomic E-state index is -0.543. The van der Waals surface area contributed by atoms with Crippen molar-refractivity contribution in [3.8, 4) is 5.75 Å². The summed E-state index contributed by atoms with van der Waals surface area (Å²) < 4.78 is 18.8. The molecule has 0 aromatic heterocycles. The highest BCUT2D eigenvalue weighted by Gasteiger charge is 2.28. The molecule has 3 nitrogen and oxygen atoms in total. The quantitative estimate of drug-likeness (QED) is 0.921. The van der Waals surface area contributed by atoms with E-state index in [9.17, 15) is 9.18 Å². The molecule has 0 bridgehead atoms. The van der Waals surface area contributed by atoms with E-state index in [4.69, 9.17) is 4.74 Å². The van der Waals surface area contributed by atoms with Crippen molar-refractivity contribution in [1.29, 1.82) is 0 Å². The minimum Gasteiger partial charge on any atom is -0.497 e. The lowest BCUT2D eigenvalue weighted by Crippen LogP contribution is -2.43. The van der Waals surface area contributed by atoms with E-state index in [1.54, 1.807) is 6.07 Å². The van der Waals surface area contributed by atoms with E-state index in [1.165, 1.54) is 25.7 Å². The van der Waals surface area contributed by atoms with Crippen LogP contribution in [-0.2, 0) is 0 Å². The van der Waals surface area contributed by atoms with Crippen LogP contribution < -0.4 is 10.1 Å². The fraction of sp³-hybridized carbons (Fsp3) is 0.562. The fourth-order valence-corrected chi connectivity index (χ4v) is 2.84. The second kappa shape index (κ2) is 6.25. The van der Waals surface area contributed by atoms with Gasteiger partial charge in [0.15, 0.2) is 0 Å². The zero-order valence-corrected chi connectivity index (χ0v) is 12.3. The highest BCUT2D eigenvalue weighted by atomic mass is 19.1. The molecule has 1 aliphatic carbocycles. The molecule has 0 aliphatic heterocycles. The normalized spacial score (nSPS) is 26.1. The average Bonchev–Trinajstić information content (AvgIpc) is 2.43. The average molecular weight is 279 g/mol. The first-order chi connectivity index (χ1) is 9.52. The van der Waals surface area contributed by atoms with Gasteiger partial charge in [0.2, 0.25) is 0 Å². The Bertz CT molecular complexity index is 489. The number of carbonyl (C=O) groups excluding carboxylic acids is 1. The van der Waals surface area contributed by atoms with E-state index in [0.29, 0.717) is 17.6 Å². The van der Waals surface area contributed by atoms with Gasteiger partial charge in [0.25, 0.3) is 5.91 Å². The lowest BCUT2D eigenvalue weighted by atomic mass is 9.78. The SMILES string of the molecule is COc1ccc(C(=O)NC2CCCC(C)C2C)c(F)c1. The molecule has 1 N–H and O–H groups in total. The number of benzene rings is 1. The second-order valence-electron chi connectivity index (χ2n) is 5.69. The number of nitrogens with one attached hydrogen (secondary N) is 1. The molecule has 2 rings (SSSR count). The standard InChI is InChI=1S/C16H22FNO2/c1-10-5-4-6-15(11(10)2)18-16(19)13-8-7-12(20-3)9-14(13)17/h7-11,15H,4-6H2,1-3H3,(H,18,19). The van der Waals surface area contributed by atoms with Crippen molar-refractivity contribution in [2.45, 2.75) is 39.2 Å². The van der Waals surface area contributed by atoms with Crippen molar-refractivity contribution in [1.82, 2.24) is 5.32 Å². The predicted molar refractivity (Wildman–Crippen MR) is 76.4 cm³/mol. The highest BCUT2D eigenvalue weighted by molar-refractivity contribution is 5.94. The zero-order valence-electron chi connectivity index (χ0n) is 12.3. The molecule has 4 heteroatoms. The van der Waals surface area contributed by atoms with Gasteiger partial charge in [-0.15, -0.1) is 0 Å². The van der Waals surface area contributed by atoms with Crippen LogP contribution in [0.3, 0.4) is 0 Å². The van der Waals surface area contributed by atoms with Crippen LogP contribution in [0.1, 0.15) is 43.5 Å². The van der Waals surface area contributed by atoms with Crippen LogP contribution in [0, 0.1) is 17.7 Å². The summed E-state index contributed by atoms with van der Waals surface area (Å²) in [6, 6.07) is 4.44. The third-order valence-corrected chi connectivity index (χ3v) is 4.44. The van der Waals surface area contributed by atoms with Crippen LogP contribution in [0.4, 0.5) is 4.39 Å². The third-order valence-electron chi connectivity index (χ3n) is 4.44. The van der Waals surface area contributed by atoms with Crippen molar-refractivity contribution in [2.24, 2.45) is 11.8 Å². The maximum atomic E-state index is 13.9. The van der Waals surface area contributed by atoms with Gasteiger partial charge >= 0.3 is 0 Å². The van der Waals surface area contributed by atoms with Crippen LogP contribution in [0.5, 0.6) is 5.75 Å². The van der Waals surface area contributed by atoms with Crippen molar-refractivity contribution < 1.29 is 13.9 Å². The Kier molecular flexibility index (Phi) is 4.63. The van der Waals surface area contributed by atoms with Crippen LogP contribution in [0.15, 0.2) is 18.2 Å². The van der Waals surface area contributed by atoms with E-state index in [0.717, 1.165) is 12.8 Å². The predicted octanol–water partition coefficient (Wildman–Crippen LogP) is 3.39. The summed E-state index contributed by atoms with van der Waals surface area (Å²) in [4.78, 5) is 12.2. The van der Waals surface area contributed by atoms with Gasteiger partial charge < -0.3 is 10.1 Å². The smallest absolute Gasteiger partial charge is 0.254 e. The Morgan fingerprint density at radius 1 is 1.35 bits per heavy atom. The molecule has 1 aromatic carbocycles. The summed E-state index contributed by atoms with van der Waals surface area (Å²) in [7, 11) is 1.47. The maximum Gasteiger partial charge on any atom is 0.254 e. The molecule has 0 saturated heterocycles. The number of ether oxygens (including phenoxy) is 1.